The Balaban J connectivity index is 2.64. The number of carbonyl (C=O) groups excluding carboxylic acids is 1. The van der Waals surface area contributed by atoms with Gasteiger partial charge >= 0.3 is 5.97 Å². The molecular formula is C8H9NO3. The molecule has 0 saturated heterocycles. The van der Waals surface area contributed by atoms with Crippen LogP contribution in [-0.2, 0) is 4.79 Å². The third-order valence-corrected chi connectivity index (χ3v) is 1.24. The number of nitrogens with two attached hydrogens (primary N) is 1. The van der Waals surface area contributed by atoms with Gasteiger partial charge in [0.15, 0.2) is 0 Å². The zero-order valence-corrected chi connectivity index (χ0v) is 6.36. The van der Waals surface area contributed by atoms with Crippen molar-refractivity contribution in [3.05, 3.63) is 24.3 Å². The van der Waals surface area contributed by atoms with E-state index in [0.29, 0.717) is 11.4 Å². The van der Waals surface area contributed by atoms with Crippen LogP contribution in [0.5, 0.6) is 5.75 Å². The van der Waals surface area contributed by atoms with Gasteiger partial charge in [0, 0.05) is 5.69 Å². The molecule has 0 amide bonds. The monoisotopic (exact) mass is 167 g/mol. The lowest BCUT2D eigenvalue weighted by Gasteiger charge is -2.01. The van der Waals surface area contributed by atoms with Crippen LogP contribution in [0.15, 0.2) is 24.3 Å². The first-order chi connectivity index (χ1) is 5.72. The van der Waals surface area contributed by atoms with Crippen LogP contribution in [0.25, 0.3) is 0 Å². The van der Waals surface area contributed by atoms with Gasteiger partial charge < -0.3 is 15.6 Å². The normalized spacial score (nSPS) is 9.42. The second kappa shape index (κ2) is 3.73. The van der Waals surface area contributed by atoms with Gasteiger partial charge in [-0.3, -0.25) is 0 Å². The van der Waals surface area contributed by atoms with E-state index in [4.69, 9.17) is 10.8 Å². The number of esters is 1. The number of carbonyl (C=O) groups is 1. The Kier molecular flexibility index (Phi) is 2.66. The largest absolute Gasteiger partial charge is 0.425 e. The average Bonchev–Trinajstić information content (AvgIpc) is 2.09. The van der Waals surface area contributed by atoms with Gasteiger partial charge in [0.05, 0.1) is 0 Å². The van der Waals surface area contributed by atoms with Gasteiger partial charge in [-0.05, 0) is 24.3 Å². The fourth-order valence-corrected chi connectivity index (χ4v) is 0.700. The molecule has 0 bridgehead atoms. The molecule has 1 rings (SSSR count). The van der Waals surface area contributed by atoms with Gasteiger partial charge in [-0.15, -0.1) is 0 Å². The minimum absolute atomic E-state index is 0.378. The molecule has 1 aromatic rings. The standard InChI is InChI=1S/C8H9NO3/c9-6-1-3-7(4-2-6)12-8(11)5-10/h1-4,10H,5,9H2. The molecule has 4 nitrogen and oxygen atoms in total. The van der Waals surface area contributed by atoms with Gasteiger partial charge in [0.25, 0.3) is 0 Å². The van der Waals surface area contributed by atoms with Crippen LogP contribution in [0.2, 0.25) is 0 Å². The molecule has 0 unspecified atom stereocenters. The summed E-state index contributed by atoms with van der Waals surface area (Å²) in [5.41, 5.74) is 6.00. The summed E-state index contributed by atoms with van der Waals surface area (Å²) in [4.78, 5) is 10.6. The minimum Gasteiger partial charge on any atom is -0.425 e. The number of hydrogen-bond donors (Lipinski definition) is 2. The van der Waals surface area contributed by atoms with Crippen molar-refractivity contribution in [2.24, 2.45) is 0 Å². The van der Waals surface area contributed by atoms with Crippen molar-refractivity contribution in [1.29, 1.82) is 0 Å². The zero-order valence-electron chi connectivity index (χ0n) is 6.36. The second-order valence-corrected chi connectivity index (χ2v) is 2.20. The average molecular weight is 167 g/mol. The van der Waals surface area contributed by atoms with Crippen LogP contribution in [-0.4, -0.2) is 17.7 Å². The Morgan fingerprint density at radius 2 is 2.00 bits per heavy atom. The molecule has 0 spiro atoms. The molecule has 64 valence electrons. The molecule has 0 fully saturated rings. The summed E-state index contributed by atoms with van der Waals surface area (Å²) in [7, 11) is 0. The SMILES string of the molecule is Nc1ccc(OC(=O)CO)cc1. The maximum atomic E-state index is 10.6. The predicted octanol–water partition coefficient (Wildman–Crippen LogP) is 0.166. The van der Waals surface area contributed by atoms with Crippen LogP contribution in [0.1, 0.15) is 0 Å². The molecule has 0 aliphatic carbocycles. The van der Waals surface area contributed by atoms with Gasteiger partial charge in [-0.1, -0.05) is 0 Å². The molecule has 0 aliphatic rings. The highest BCUT2D eigenvalue weighted by Gasteiger charge is 2.00. The number of anilines is 1. The molecule has 0 aliphatic heterocycles. The van der Waals surface area contributed by atoms with Crippen molar-refractivity contribution in [2.45, 2.75) is 0 Å². The van der Waals surface area contributed by atoms with Crippen LogP contribution in [0, 0.1) is 0 Å². The fourth-order valence-electron chi connectivity index (χ4n) is 0.700. The number of benzene rings is 1. The summed E-state index contributed by atoms with van der Waals surface area (Å²) in [5.74, 6) is -0.303. The quantitative estimate of drug-likeness (QED) is 0.374. The second-order valence-electron chi connectivity index (χ2n) is 2.20. The summed E-state index contributed by atoms with van der Waals surface area (Å²) < 4.78 is 4.67. The van der Waals surface area contributed by atoms with Gasteiger partial charge in [-0.2, -0.15) is 0 Å². The van der Waals surface area contributed by atoms with E-state index >= 15 is 0 Å². The van der Waals surface area contributed by atoms with Crippen molar-refractivity contribution in [3.63, 3.8) is 0 Å². The molecule has 0 radical (unpaired) electrons. The number of hydrogen-bond acceptors (Lipinski definition) is 4. The summed E-state index contributed by atoms with van der Waals surface area (Å²) in [6.07, 6.45) is 0. The summed E-state index contributed by atoms with van der Waals surface area (Å²) in [5, 5.41) is 8.35. The fraction of sp³-hybridized carbons (Fsp3) is 0.125. The van der Waals surface area contributed by atoms with E-state index in [2.05, 4.69) is 4.74 Å². The number of aliphatic hydroxyl groups is 1. The van der Waals surface area contributed by atoms with Crippen molar-refractivity contribution in [1.82, 2.24) is 0 Å². The van der Waals surface area contributed by atoms with E-state index in [1.54, 1.807) is 24.3 Å². The highest BCUT2D eigenvalue weighted by molar-refractivity contribution is 5.73. The van der Waals surface area contributed by atoms with E-state index in [0.717, 1.165) is 0 Å². The topological polar surface area (TPSA) is 72.5 Å². The lowest BCUT2D eigenvalue weighted by molar-refractivity contribution is -0.137. The molecule has 0 saturated carbocycles. The molecule has 12 heavy (non-hydrogen) atoms. The molecule has 3 N–H and O–H groups in total. The summed E-state index contributed by atoms with van der Waals surface area (Å²) >= 11 is 0. The minimum atomic E-state index is -0.681. The number of rotatable bonds is 2. The van der Waals surface area contributed by atoms with Crippen LogP contribution >= 0.6 is 0 Å². The van der Waals surface area contributed by atoms with E-state index in [1.165, 1.54) is 0 Å². The van der Waals surface area contributed by atoms with Gasteiger partial charge in [0.1, 0.15) is 12.4 Å². The molecular weight excluding hydrogens is 158 g/mol. The Hall–Kier alpha value is -1.55. The van der Waals surface area contributed by atoms with E-state index in [9.17, 15) is 4.79 Å². The molecule has 0 aromatic heterocycles. The Morgan fingerprint density at radius 1 is 1.42 bits per heavy atom. The Morgan fingerprint density at radius 3 is 2.50 bits per heavy atom. The van der Waals surface area contributed by atoms with Crippen LogP contribution in [0.3, 0.4) is 0 Å². The number of ether oxygens (including phenoxy) is 1. The highest BCUT2D eigenvalue weighted by atomic mass is 16.5. The van der Waals surface area contributed by atoms with Crippen LogP contribution < -0.4 is 10.5 Å². The van der Waals surface area contributed by atoms with Crippen molar-refractivity contribution in [2.75, 3.05) is 12.3 Å². The number of nitrogen functional groups attached to an aromatic ring is 1. The lowest BCUT2D eigenvalue weighted by Crippen LogP contribution is -2.11. The zero-order chi connectivity index (χ0) is 8.97. The van der Waals surface area contributed by atoms with Crippen molar-refractivity contribution >= 4 is 11.7 Å². The first kappa shape index (κ1) is 8.55. The van der Waals surface area contributed by atoms with Crippen molar-refractivity contribution < 1.29 is 14.6 Å². The van der Waals surface area contributed by atoms with Gasteiger partial charge in [-0.25, -0.2) is 4.79 Å². The molecule has 0 heterocycles. The first-order valence-electron chi connectivity index (χ1n) is 3.39. The molecule has 4 heteroatoms. The molecule has 1 aromatic carbocycles. The maximum absolute atomic E-state index is 10.6. The third-order valence-electron chi connectivity index (χ3n) is 1.24. The Bertz CT molecular complexity index is 268. The summed E-state index contributed by atoms with van der Waals surface area (Å²) in [6, 6.07) is 6.34. The maximum Gasteiger partial charge on any atom is 0.337 e. The third kappa shape index (κ3) is 2.25. The van der Waals surface area contributed by atoms with E-state index < -0.39 is 12.6 Å². The molecule has 0 atom stereocenters. The Labute approximate surface area is 69.6 Å². The predicted molar refractivity (Wildman–Crippen MR) is 43.6 cm³/mol. The number of aliphatic hydroxyl groups excluding tert-OH is 1. The first-order valence-corrected chi connectivity index (χ1v) is 3.39. The highest BCUT2D eigenvalue weighted by Crippen LogP contribution is 2.12. The van der Waals surface area contributed by atoms with Crippen LogP contribution in [0.4, 0.5) is 5.69 Å². The van der Waals surface area contributed by atoms with Crippen molar-refractivity contribution in [3.8, 4) is 5.75 Å². The lowest BCUT2D eigenvalue weighted by atomic mass is 10.3. The van der Waals surface area contributed by atoms with Gasteiger partial charge in [0.2, 0.25) is 0 Å². The summed E-state index contributed by atoms with van der Waals surface area (Å²) in [6.45, 7) is -0.621. The smallest absolute Gasteiger partial charge is 0.337 e. The van der Waals surface area contributed by atoms with E-state index in [1.807, 2.05) is 0 Å². The van der Waals surface area contributed by atoms with E-state index in [-0.39, 0.29) is 0 Å².